The Hall–Kier alpha value is -1.85. The zero-order valence-electron chi connectivity index (χ0n) is 13.3. The number of amides is 1. The summed E-state index contributed by atoms with van der Waals surface area (Å²) >= 11 is 0. The van der Waals surface area contributed by atoms with Gasteiger partial charge in [-0.25, -0.2) is 9.78 Å². The molecule has 1 fully saturated rings. The molecule has 1 unspecified atom stereocenters. The van der Waals surface area contributed by atoms with E-state index in [0.29, 0.717) is 18.7 Å². The molecular formula is C15H23N3O3. The van der Waals surface area contributed by atoms with Crippen molar-refractivity contribution in [2.75, 3.05) is 6.54 Å². The van der Waals surface area contributed by atoms with Crippen LogP contribution in [0.25, 0.3) is 0 Å². The average molecular weight is 293 g/mol. The average Bonchev–Trinajstić information content (AvgIpc) is 2.93. The molecular weight excluding hydrogens is 270 g/mol. The van der Waals surface area contributed by atoms with Crippen molar-refractivity contribution in [1.29, 1.82) is 0 Å². The molecule has 21 heavy (non-hydrogen) atoms. The van der Waals surface area contributed by atoms with Crippen LogP contribution in [0.2, 0.25) is 0 Å². The summed E-state index contributed by atoms with van der Waals surface area (Å²) in [6.45, 7) is 7.82. The van der Waals surface area contributed by atoms with Gasteiger partial charge in [-0.3, -0.25) is 4.79 Å². The van der Waals surface area contributed by atoms with Crippen molar-refractivity contribution < 1.29 is 14.3 Å². The number of hydrogen-bond donors (Lipinski definition) is 0. The highest BCUT2D eigenvalue weighted by Crippen LogP contribution is 2.32. The fourth-order valence-corrected chi connectivity index (χ4v) is 2.59. The van der Waals surface area contributed by atoms with Gasteiger partial charge in [-0.1, -0.05) is 0 Å². The summed E-state index contributed by atoms with van der Waals surface area (Å²) in [5.74, 6) is -0.524. The summed E-state index contributed by atoms with van der Waals surface area (Å²) < 4.78 is 7.16. The summed E-state index contributed by atoms with van der Waals surface area (Å²) in [6, 6.07) is 0. The minimum atomic E-state index is -0.908. The summed E-state index contributed by atoms with van der Waals surface area (Å²) in [5, 5.41) is 0. The van der Waals surface area contributed by atoms with E-state index in [4.69, 9.17) is 4.74 Å². The zero-order valence-corrected chi connectivity index (χ0v) is 13.3. The van der Waals surface area contributed by atoms with Crippen LogP contribution in [0.5, 0.6) is 0 Å². The van der Waals surface area contributed by atoms with Gasteiger partial charge in [-0.15, -0.1) is 0 Å². The third-order valence-corrected chi connectivity index (χ3v) is 3.76. The molecule has 2 heterocycles. The van der Waals surface area contributed by atoms with E-state index in [9.17, 15) is 9.59 Å². The Bertz CT molecular complexity index is 559. The van der Waals surface area contributed by atoms with E-state index in [1.807, 2.05) is 20.8 Å². The Labute approximate surface area is 125 Å². The van der Waals surface area contributed by atoms with Crippen molar-refractivity contribution in [3.63, 3.8) is 0 Å². The first-order chi connectivity index (χ1) is 9.65. The topological polar surface area (TPSA) is 64.4 Å². The number of ether oxygens (including phenoxy) is 1. The van der Waals surface area contributed by atoms with Gasteiger partial charge in [0.2, 0.25) is 0 Å². The molecule has 0 saturated carbocycles. The standard InChI is InChI=1S/C15H23N3O3/c1-14(2,3)21-13(20)15(4)7-6-8-18(15)12(19)11-9-16-10-17(11)5/h9-10H,6-8H2,1-5H3. The Kier molecular flexibility index (Phi) is 3.82. The zero-order chi connectivity index (χ0) is 15.8. The van der Waals surface area contributed by atoms with Gasteiger partial charge < -0.3 is 14.2 Å². The largest absolute Gasteiger partial charge is 0.458 e. The predicted molar refractivity (Wildman–Crippen MR) is 77.7 cm³/mol. The number of rotatable bonds is 2. The van der Waals surface area contributed by atoms with Crippen molar-refractivity contribution >= 4 is 11.9 Å². The number of nitrogens with zero attached hydrogens (tertiary/aromatic N) is 3. The predicted octanol–water partition coefficient (Wildman–Crippen LogP) is 1.76. The number of hydrogen-bond acceptors (Lipinski definition) is 4. The lowest BCUT2D eigenvalue weighted by atomic mass is 9.98. The van der Waals surface area contributed by atoms with E-state index in [1.54, 1.807) is 29.8 Å². The van der Waals surface area contributed by atoms with Crippen LogP contribution in [-0.2, 0) is 16.6 Å². The molecule has 0 spiro atoms. The molecule has 0 aromatic carbocycles. The second-order valence-corrected chi connectivity index (χ2v) is 6.73. The van der Waals surface area contributed by atoms with E-state index in [2.05, 4.69) is 4.98 Å². The summed E-state index contributed by atoms with van der Waals surface area (Å²) in [6.07, 6.45) is 4.51. The van der Waals surface area contributed by atoms with Crippen LogP contribution in [0, 0.1) is 0 Å². The highest BCUT2D eigenvalue weighted by Gasteiger charge is 2.48. The van der Waals surface area contributed by atoms with Gasteiger partial charge in [0.05, 0.1) is 12.5 Å². The highest BCUT2D eigenvalue weighted by atomic mass is 16.6. The van der Waals surface area contributed by atoms with Gasteiger partial charge >= 0.3 is 5.97 Å². The molecule has 1 saturated heterocycles. The van der Waals surface area contributed by atoms with E-state index in [-0.39, 0.29) is 11.9 Å². The molecule has 0 radical (unpaired) electrons. The van der Waals surface area contributed by atoms with E-state index < -0.39 is 11.1 Å². The van der Waals surface area contributed by atoms with Crippen molar-refractivity contribution in [3.05, 3.63) is 18.2 Å². The molecule has 2 rings (SSSR count). The van der Waals surface area contributed by atoms with Crippen LogP contribution in [0.1, 0.15) is 51.0 Å². The molecule has 0 bridgehead atoms. The first-order valence-electron chi connectivity index (χ1n) is 7.17. The Morgan fingerprint density at radius 3 is 2.57 bits per heavy atom. The van der Waals surface area contributed by atoms with Gasteiger partial charge in [-0.2, -0.15) is 0 Å². The Balaban J connectivity index is 2.25. The lowest BCUT2D eigenvalue weighted by Crippen LogP contribution is -2.53. The SMILES string of the molecule is Cn1cncc1C(=O)N1CCCC1(C)C(=O)OC(C)(C)C. The van der Waals surface area contributed by atoms with Crippen LogP contribution in [0.4, 0.5) is 0 Å². The maximum Gasteiger partial charge on any atom is 0.332 e. The number of carbonyl (C=O) groups excluding carboxylic acids is 2. The Morgan fingerprint density at radius 2 is 2.05 bits per heavy atom. The fraction of sp³-hybridized carbons (Fsp3) is 0.667. The molecule has 6 heteroatoms. The quantitative estimate of drug-likeness (QED) is 0.779. The number of aryl methyl sites for hydroxylation is 1. The molecule has 0 aliphatic carbocycles. The number of aromatic nitrogens is 2. The van der Waals surface area contributed by atoms with Crippen LogP contribution in [-0.4, -0.2) is 44.0 Å². The van der Waals surface area contributed by atoms with Crippen molar-refractivity contribution in [1.82, 2.24) is 14.5 Å². The van der Waals surface area contributed by atoms with Crippen molar-refractivity contribution in [3.8, 4) is 0 Å². The van der Waals surface area contributed by atoms with Crippen LogP contribution in [0.15, 0.2) is 12.5 Å². The normalized spacial score (nSPS) is 22.4. The monoisotopic (exact) mass is 293 g/mol. The molecule has 1 aliphatic rings. The van der Waals surface area contributed by atoms with Crippen molar-refractivity contribution in [2.24, 2.45) is 7.05 Å². The number of imidazole rings is 1. The highest BCUT2D eigenvalue weighted by molar-refractivity contribution is 5.97. The molecule has 0 N–H and O–H groups in total. The molecule has 116 valence electrons. The van der Waals surface area contributed by atoms with Gasteiger partial charge in [0.25, 0.3) is 5.91 Å². The van der Waals surface area contributed by atoms with E-state index >= 15 is 0 Å². The van der Waals surface area contributed by atoms with Gasteiger partial charge in [0.1, 0.15) is 16.8 Å². The smallest absolute Gasteiger partial charge is 0.332 e. The van der Waals surface area contributed by atoms with Gasteiger partial charge in [-0.05, 0) is 40.5 Å². The molecule has 1 aromatic rings. The van der Waals surface area contributed by atoms with Crippen molar-refractivity contribution in [2.45, 2.75) is 51.7 Å². The Morgan fingerprint density at radius 1 is 1.38 bits per heavy atom. The molecule has 1 atom stereocenters. The maximum absolute atomic E-state index is 12.7. The number of esters is 1. The minimum Gasteiger partial charge on any atom is -0.458 e. The van der Waals surface area contributed by atoms with Gasteiger partial charge in [0.15, 0.2) is 0 Å². The minimum absolute atomic E-state index is 0.180. The van der Waals surface area contributed by atoms with Gasteiger partial charge in [0, 0.05) is 13.6 Å². The lowest BCUT2D eigenvalue weighted by Gasteiger charge is -2.35. The number of likely N-dealkylation sites (tertiary alicyclic amines) is 1. The molecule has 1 aromatic heterocycles. The number of carbonyl (C=O) groups is 2. The molecule has 1 aliphatic heterocycles. The van der Waals surface area contributed by atoms with Crippen LogP contribution >= 0.6 is 0 Å². The van der Waals surface area contributed by atoms with E-state index in [1.165, 1.54) is 6.20 Å². The first-order valence-corrected chi connectivity index (χ1v) is 7.17. The third kappa shape index (κ3) is 2.94. The summed E-state index contributed by atoms with van der Waals surface area (Å²) in [4.78, 5) is 30.8. The van der Waals surface area contributed by atoms with E-state index in [0.717, 1.165) is 6.42 Å². The van der Waals surface area contributed by atoms with Crippen LogP contribution in [0.3, 0.4) is 0 Å². The lowest BCUT2D eigenvalue weighted by molar-refractivity contribution is -0.165. The first kappa shape index (κ1) is 15.5. The molecule has 6 nitrogen and oxygen atoms in total. The fourth-order valence-electron chi connectivity index (χ4n) is 2.59. The molecule has 1 amide bonds. The summed E-state index contributed by atoms with van der Waals surface area (Å²) in [5.41, 5.74) is -0.995. The maximum atomic E-state index is 12.7. The third-order valence-electron chi connectivity index (χ3n) is 3.76. The second-order valence-electron chi connectivity index (χ2n) is 6.73. The summed E-state index contributed by atoms with van der Waals surface area (Å²) in [7, 11) is 1.77. The second kappa shape index (κ2) is 5.16. The van der Waals surface area contributed by atoms with Crippen LogP contribution < -0.4 is 0 Å².